The highest BCUT2D eigenvalue weighted by Crippen LogP contribution is 2.52. The van der Waals surface area contributed by atoms with Gasteiger partial charge in [-0.05, 0) is 226 Å². The zero-order chi connectivity index (χ0) is 69.6. The van der Waals surface area contributed by atoms with Gasteiger partial charge >= 0.3 is 0 Å². The molecule has 14 aromatic rings. The molecule has 0 spiro atoms. The summed E-state index contributed by atoms with van der Waals surface area (Å²) in [4.78, 5) is 5.26. The highest BCUT2D eigenvalue weighted by atomic mass is 15.2. The van der Waals surface area contributed by atoms with Gasteiger partial charge in [0.05, 0.1) is 27.8 Å². The second kappa shape index (κ2) is 22.2. The Bertz CT molecular complexity index is 5680. The van der Waals surface area contributed by atoms with E-state index < -0.39 is 0 Å². The molecule has 4 aliphatic rings. The molecule has 0 saturated carbocycles. The molecular formula is C96H91BN4. The third-order valence-electron chi connectivity index (χ3n) is 24.4. The maximum Gasteiger partial charge on any atom is 0.252 e. The van der Waals surface area contributed by atoms with E-state index in [9.17, 15) is 0 Å². The van der Waals surface area contributed by atoms with E-state index in [-0.39, 0.29) is 39.2 Å². The lowest BCUT2D eigenvalue weighted by Gasteiger charge is -2.44. The van der Waals surface area contributed by atoms with Crippen molar-refractivity contribution in [1.29, 1.82) is 0 Å². The van der Waals surface area contributed by atoms with Crippen LogP contribution in [0.1, 0.15) is 156 Å². The van der Waals surface area contributed by atoms with Crippen LogP contribution in [0.15, 0.2) is 249 Å². The first kappa shape index (κ1) is 63.1. The Hall–Kier alpha value is -10.1. The molecule has 0 radical (unpaired) electrons. The Kier molecular flexibility index (Phi) is 13.9. The third kappa shape index (κ3) is 9.98. The van der Waals surface area contributed by atoms with Crippen molar-refractivity contribution in [3.63, 3.8) is 0 Å². The summed E-state index contributed by atoms with van der Waals surface area (Å²) >= 11 is 0. The fourth-order valence-corrected chi connectivity index (χ4v) is 18.2. The van der Waals surface area contributed by atoms with E-state index in [1.807, 2.05) is 0 Å². The molecule has 0 bridgehead atoms. The van der Waals surface area contributed by atoms with Gasteiger partial charge in [-0.1, -0.05) is 261 Å². The van der Waals surface area contributed by atoms with Gasteiger partial charge in [0, 0.05) is 61.4 Å². The van der Waals surface area contributed by atoms with Crippen molar-refractivity contribution in [2.24, 2.45) is 0 Å². The predicted molar refractivity (Wildman–Crippen MR) is 433 cm³/mol. The summed E-state index contributed by atoms with van der Waals surface area (Å²) in [6.45, 7) is 33.2. The minimum atomic E-state index is -0.145. The molecule has 12 aromatic carbocycles. The molecule has 498 valence electrons. The van der Waals surface area contributed by atoms with Crippen LogP contribution in [0.2, 0.25) is 0 Å². The molecule has 18 rings (SSSR count). The zero-order valence-corrected chi connectivity index (χ0v) is 61.4. The van der Waals surface area contributed by atoms with E-state index in [4.69, 9.17) is 0 Å². The lowest BCUT2D eigenvalue weighted by molar-refractivity contribution is 0.332. The molecule has 2 aliphatic heterocycles. The van der Waals surface area contributed by atoms with Gasteiger partial charge in [0.1, 0.15) is 0 Å². The van der Waals surface area contributed by atoms with Crippen LogP contribution in [0.5, 0.6) is 0 Å². The van der Waals surface area contributed by atoms with Crippen LogP contribution in [0.25, 0.3) is 88.4 Å². The molecule has 2 aliphatic carbocycles. The highest BCUT2D eigenvalue weighted by molar-refractivity contribution is 7.00. The summed E-state index contributed by atoms with van der Waals surface area (Å²) in [7, 11) is 0. The summed E-state index contributed by atoms with van der Waals surface area (Å²) in [6.07, 6.45) is 4.72. The SMILES string of the molecule is CC(C)(C)c1ccc(-c2ccc3c(c2)N(c2ccc(-c4ccc5c(c4)C(C)(C)CCC5(C)C)cc2)c2cc(-n4c5ccccc5c5ccccc54)cc4c2B3c2ccc(-n3c5ccccc5c5cc(C(C)(C)C)ccc53)cc2N4c2ccc(-c3ccc4c(c3)C(C)(C)CCC4(C)C)cc2)cc1. The average Bonchev–Trinajstić information content (AvgIpc) is 1.24. The first-order valence-electron chi connectivity index (χ1n) is 37.0. The number of fused-ring (bicyclic) bond motifs is 12. The van der Waals surface area contributed by atoms with Crippen LogP contribution in [0, 0.1) is 0 Å². The lowest BCUT2D eigenvalue weighted by atomic mass is 9.33. The maximum atomic E-state index is 2.63. The lowest BCUT2D eigenvalue weighted by Crippen LogP contribution is -2.61. The molecule has 4 nitrogen and oxygen atoms in total. The molecule has 0 N–H and O–H groups in total. The smallest absolute Gasteiger partial charge is 0.252 e. The number of hydrogen-bond donors (Lipinski definition) is 0. The summed E-state index contributed by atoms with van der Waals surface area (Å²) in [6, 6.07) is 97.2. The molecule has 0 unspecified atom stereocenters. The van der Waals surface area contributed by atoms with Crippen molar-refractivity contribution in [2.75, 3.05) is 9.80 Å². The van der Waals surface area contributed by atoms with E-state index in [0.29, 0.717) is 0 Å². The minimum absolute atomic E-state index is 0.0127. The summed E-state index contributed by atoms with van der Waals surface area (Å²) in [5.74, 6) is 0. The van der Waals surface area contributed by atoms with Gasteiger partial charge < -0.3 is 18.9 Å². The zero-order valence-electron chi connectivity index (χ0n) is 61.4. The Morgan fingerprint density at radius 1 is 0.277 bits per heavy atom. The monoisotopic (exact) mass is 1310 g/mol. The average molecular weight is 1310 g/mol. The summed E-state index contributed by atoms with van der Waals surface area (Å²) < 4.78 is 5.06. The van der Waals surface area contributed by atoms with Gasteiger partial charge in [-0.2, -0.15) is 0 Å². The number of hydrogen-bond acceptors (Lipinski definition) is 2. The van der Waals surface area contributed by atoms with Gasteiger partial charge in [0.25, 0.3) is 6.71 Å². The molecule has 101 heavy (non-hydrogen) atoms. The van der Waals surface area contributed by atoms with Crippen molar-refractivity contribution < 1.29 is 0 Å². The number of anilines is 6. The van der Waals surface area contributed by atoms with Gasteiger partial charge in [0.15, 0.2) is 0 Å². The number of nitrogens with zero attached hydrogens (tertiary/aromatic N) is 4. The minimum Gasteiger partial charge on any atom is -0.311 e. The van der Waals surface area contributed by atoms with Gasteiger partial charge in [-0.3, -0.25) is 0 Å². The highest BCUT2D eigenvalue weighted by Gasteiger charge is 2.45. The molecule has 0 saturated heterocycles. The van der Waals surface area contributed by atoms with Crippen LogP contribution >= 0.6 is 0 Å². The Balaban J connectivity index is 0.912. The van der Waals surface area contributed by atoms with Crippen molar-refractivity contribution in [1.82, 2.24) is 9.13 Å². The Labute approximate surface area is 598 Å². The van der Waals surface area contributed by atoms with Crippen LogP contribution in [-0.2, 0) is 32.5 Å². The first-order valence-corrected chi connectivity index (χ1v) is 37.0. The summed E-state index contributed by atoms with van der Waals surface area (Å²) in [5.41, 5.74) is 34.1. The molecule has 0 atom stereocenters. The maximum absolute atomic E-state index is 2.63. The number of para-hydroxylation sites is 3. The normalized spacial score (nSPS) is 16.3. The predicted octanol–water partition coefficient (Wildman–Crippen LogP) is 24.3. The van der Waals surface area contributed by atoms with Crippen molar-refractivity contribution in [3.8, 4) is 44.8 Å². The van der Waals surface area contributed by atoms with Crippen molar-refractivity contribution in [2.45, 2.75) is 155 Å². The van der Waals surface area contributed by atoms with E-state index in [1.54, 1.807) is 0 Å². The van der Waals surface area contributed by atoms with Crippen molar-refractivity contribution >= 4 is 101 Å². The number of rotatable bonds is 7. The second-order valence-corrected chi connectivity index (χ2v) is 34.7. The van der Waals surface area contributed by atoms with Crippen LogP contribution in [0.3, 0.4) is 0 Å². The topological polar surface area (TPSA) is 16.3 Å². The van der Waals surface area contributed by atoms with E-state index in [0.717, 1.165) is 39.8 Å². The van der Waals surface area contributed by atoms with E-state index in [2.05, 4.69) is 365 Å². The molecular weight excluding hydrogens is 1220 g/mol. The standard InChI is InChI=1S/C96H91BN4/c1-91(2,3)66-36-27-60(28-37-66)65-35-46-80-86(55-65)98(68-39-29-61(30-40-68)63-33-44-76-78(53-63)95(11,12)51-49-93(76,7)8)88-58-71(101-82-24-18-15-21-72(82)73-22-16-19-25-83(73)101)59-89-90(88)97(80)81-47-43-70(100-84-26-20-17-23-74(84)75-56-67(92(4,5)6)38-48-85(75)100)57-87(81)99(89)69-41-31-62(32-42-69)64-34-45-77-79(54-64)96(13,14)52-50-94(77,9)10/h15-48,53-59H,49-52H2,1-14H3. The Morgan fingerprint density at radius 2 is 0.624 bits per heavy atom. The van der Waals surface area contributed by atoms with E-state index >= 15 is 0 Å². The quantitative estimate of drug-likeness (QED) is 0.148. The summed E-state index contributed by atoms with van der Waals surface area (Å²) in [5, 5.41) is 5.00. The van der Waals surface area contributed by atoms with Gasteiger partial charge in [-0.15, -0.1) is 0 Å². The fraction of sp³-hybridized carbons (Fsp3) is 0.250. The van der Waals surface area contributed by atoms with Gasteiger partial charge in [0.2, 0.25) is 0 Å². The van der Waals surface area contributed by atoms with Crippen LogP contribution in [-0.4, -0.2) is 15.8 Å². The molecule has 2 aromatic heterocycles. The molecule has 0 amide bonds. The largest absolute Gasteiger partial charge is 0.311 e. The first-order chi connectivity index (χ1) is 48.3. The van der Waals surface area contributed by atoms with Crippen LogP contribution in [0.4, 0.5) is 34.1 Å². The molecule has 5 heteroatoms. The van der Waals surface area contributed by atoms with Crippen LogP contribution < -0.4 is 26.2 Å². The number of benzene rings is 12. The number of aromatic nitrogens is 2. The Morgan fingerprint density at radius 3 is 1.10 bits per heavy atom. The molecule has 0 fully saturated rings. The second-order valence-electron chi connectivity index (χ2n) is 34.7. The fourth-order valence-electron chi connectivity index (χ4n) is 18.2. The van der Waals surface area contributed by atoms with Gasteiger partial charge in [-0.25, -0.2) is 0 Å². The third-order valence-corrected chi connectivity index (χ3v) is 24.4. The van der Waals surface area contributed by atoms with Crippen molar-refractivity contribution in [3.05, 3.63) is 282 Å². The molecule has 4 heterocycles. The van der Waals surface area contributed by atoms with E-state index in [1.165, 1.54) is 158 Å².